The van der Waals surface area contributed by atoms with Crippen molar-refractivity contribution in [3.63, 3.8) is 0 Å². The van der Waals surface area contributed by atoms with Crippen molar-refractivity contribution in [1.82, 2.24) is 4.90 Å². The van der Waals surface area contributed by atoms with Gasteiger partial charge in [-0.1, -0.05) is 26.3 Å². The maximum atomic E-state index is 12.4. The predicted octanol–water partition coefficient (Wildman–Crippen LogP) is 0.234. The fourth-order valence-electron chi connectivity index (χ4n) is 2.09. The van der Waals surface area contributed by atoms with Crippen molar-refractivity contribution < 1.29 is 122 Å². The first-order chi connectivity index (χ1) is 10.6. The second-order valence-corrected chi connectivity index (χ2v) is 4.73. The maximum absolute atomic E-state index is 12.4. The number of nitrogens with one attached hydrogen (secondary N) is 1. The molecule has 0 spiro atoms. The molecule has 131 valence electrons. The number of anilines is 1. The van der Waals surface area contributed by atoms with Crippen LogP contribution in [0.4, 0.5) is 5.69 Å². The van der Waals surface area contributed by atoms with Crippen molar-refractivity contribution in [1.29, 1.82) is 0 Å². The topological polar surface area (TPSA) is 63.5 Å². The molecule has 1 N–H and O–H groups in total. The van der Waals surface area contributed by atoms with Gasteiger partial charge in [-0.05, 0) is 0 Å². The van der Waals surface area contributed by atoms with E-state index in [2.05, 4.69) is 17.6 Å². The van der Waals surface area contributed by atoms with E-state index in [4.69, 9.17) is 0 Å². The van der Waals surface area contributed by atoms with Gasteiger partial charge < -0.3 is 15.5 Å². The molecule has 2 rings (SSSR count). The average Bonchev–Trinajstić information content (AvgIpc) is 2.64. The Bertz CT molecular complexity index is 533. The van der Waals surface area contributed by atoms with Crippen LogP contribution < -0.4 is 63.5 Å². The van der Waals surface area contributed by atoms with Crippen LogP contribution in [-0.4, -0.2) is 36.9 Å². The summed E-state index contributed by atoms with van der Waals surface area (Å²) in [6.07, 6.45) is 1.58. The molecule has 0 aromatic heterocycles. The van der Waals surface area contributed by atoms with Crippen molar-refractivity contribution in [3.8, 4) is 0 Å². The van der Waals surface area contributed by atoms with Crippen LogP contribution in [0.25, 0.3) is 5.32 Å². The third kappa shape index (κ3) is 10.6. The van der Waals surface area contributed by atoms with Gasteiger partial charge in [0, 0.05) is 65.0 Å². The van der Waals surface area contributed by atoms with E-state index in [0.29, 0.717) is 11.3 Å². The second-order valence-electron chi connectivity index (χ2n) is 4.73. The van der Waals surface area contributed by atoms with Crippen LogP contribution in [0.15, 0.2) is 18.2 Å². The summed E-state index contributed by atoms with van der Waals surface area (Å²) in [5.41, 5.74) is 1.78. The number of carbonyl (C=O) groups is 2. The zero-order valence-electron chi connectivity index (χ0n) is 15.5. The molecule has 1 aromatic carbocycles. The number of hydrogen-bond donors (Lipinski definition) is 1. The zero-order valence-corrected chi connectivity index (χ0v) is 26.2. The molecular formula is C17H24N3O2RbWY-2. The van der Waals surface area contributed by atoms with E-state index < -0.39 is 0 Å². The summed E-state index contributed by atoms with van der Waals surface area (Å²) in [7, 11) is 1.76. The monoisotopic (exact) mass is 660 g/mol. The number of benzene rings is 1. The first kappa shape index (κ1) is 31.3. The summed E-state index contributed by atoms with van der Waals surface area (Å²) in [5, 5.41) is 6.75. The summed E-state index contributed by atoms with van der Waals surface area (Å²) in [6.45, 7) is 10.4. The minimum Gasteiger partial charge on any atom is -0.665 e. The second kappa shape index (κ2) is 17.7. The fraction of sp³-hybridized carbons (Fsp3) is 0.412. The standard InChI is InChI=1S/C15H18N3O2.C2H6.Rb.W.Y/c1-11-5-6-13-12(9-11)15(20)18(10-14(19)17-13)8-4-3-7-16-2;1-2;;;/h5-6,8-9H,1,3-4,7,10H2,2H3,(H,17,19);1-2H3;;;/q-3;;+1;;. The molecule has 0 unspecified atom stereocenters. The van der Waals surface area contributed by atoms with Crippen molar-refractivity contribution in [2.24, 2.45) is 0 Å². The third-order valence-corrected chi connectivity index (χ3v) is 3.10. The average molecular weight is 661 g/mol. The van der Waals surface area contributed by atoms with Crippen molar-refractivity contribution in [2.45, 2.75) is 26.7 Å². The largest absolute Gasteiger partial charge is 1.00 e. The van der Waals surface area contributed by atoms with Gasteiger partial charge in [0.05, 0.1) is 6.54 Å². The maximum Gasteiger partial charge on any atom is 1.00 e. The van der Waals surface area contributed by atoms with Gasteiger partial charge in [0.2, 0.25) is 11.8 Å². The SMILES string of the molecule is CC.[CH2-]c1ccc2c(c1)C(=O)N([CH-]CCC[N-]C)CC(=O)N2.[Rb+].[W].[Y]. The molecular weight excluding hydrogens is 636 g/mol. The van der Waals surface area contributed by atoms with Crippen LogP contribution in [0.1, 0.15) is 42.6 Å². The van der Waals surface area contributed by atoms with Gasteiger partial charge in [0.1, 0.15) is 0 Å². The number of carbonyl (C=O) groups excluding carboxylic acids is 2. The number of nitrogens with zero attached hydrogens (tertiary/aromatic N) is 2. The first-order valence-electron chi connectivity index (χ1n) is 7.57. The van der Waals surface area contributed by atoms with Crippen LogP contribution >= 0.6 is 0 Å². The minimum absolute atomic E-state index is 0. The van der Waals surface area contributed by atoms with E-state index in [1.165, 1.54) is 4.90 Å². The molecule has 0 saturated heterocycles. The van der Waals surface area contributed by atoms with Crippen LogP contribution in [0, 0.1) is 13.5 Å². The van der Waals surface area contributed by atoms with Gasteiger partial charge in [0.15, 0.2) is 0 Å². The van der Waals surface area contributed by atoms with Gasteiger partial charge in [-0.3, -0.25) is 9.59 Å². The van der Waals surface area contributed by atoms with E-state index in [9.17, 15) is 9.59 Å². The molecule has 1 aromatic rings. The molecule has 0 aliphatic carbocycles. The summed E-state index contributed by atoms with van der Waals surface area (Å²) in [5.74, 6) is -0.359. The van der Waals surface area contributed by atoms with E-state index in [1.54, 1.807) is 31.8 Å². The Balaban J connectivity index is -0.000000934. The number of rotatable bonds is 5. The Morgan fingerprint density at radius 2 is 1.96 bits per heavy atom. The molecule has 2 amide bonds. The first-order valence-corrected chi connectivity index (χ1v) is 7.57. The predicted molar refractivity (Wildman–Crippen MR) is 89.6 cm³/mol. The minimum atomic E-state index is -0.189. The van der Waals surface area contributed by atoms with Gasteiger partial charge >= 0.3 is 58.2 Å². The van der Waals surface area contributed by atoms with Crippen LogP contribution in [0.3, 0.4) is 0 Å². The Morgan fingerprint density at radius 1 is 1.32 bits per heavy atom. The summed E-state index contributed by atoms with van der Waals surface area (Å²) in [6, 6.07) is 5.19. The molecule has 0 fully saturated rings. The van der Waals surface area contributed by atoms with Crippen molar-refractivity contribution in [3.05, 3.63) is 48.1 Å². The van der Waals surface area contributed by atoms with Gasteiger partial charge in [-0.25, -0.2) is 6.54 Å². The van der Waals surface area contributed by atoms with Crippen LogP contribution in [0.5, 0.6) is 0 Å². The van der Waals surface area contributed by atoms with E-state index in [1.807, 2.05) is 13.8 Å². The van der Waals surface area contributed by atoms with Gasteiger partial charge in [-0.2, -0.15) is 38.6 Å². The molecule has 25 heavy (non-hydrogen) atoms. The normalized spacial score (nSPS) is 12.0. The molecule has 0 saturated carbocycles. The Hall–Kier alpha value is 1.59. The van der Waals surface area contributed by atoms with Gasteiger partial charge in [0.25, 0.3) is 0 Å². The molecule has 8 heteroatoms. The molecule has 1 radical (unpaired) electrons. The zero-order chi connectivity index (χ0) is 16.5. The quantitative estimate of drug-likeness (QED) is 0.364. The van der Waals surface area contributed by atoms with Crippen molar-refractivity contribution in [2.75, 3.05) is 25.5 Å². The molecule has 5 nitrogen and oxygen atoms in total. The number of unbranched alkanes of at least 4 members (excludes halogenated alkanes) is 1. The molecule has 1 aliphatic heterocycles. The van der Waals surface area contributed by atoms with E-state index in [-0.39, 0.29) is 130 Å². The molecule has 0 atom stereocenters. The molecule has 1 heterocycles. The summed E-state index contributed by atoms with van der Waals surface area (Å²) in [4.78, 5) is 25.7. The van der Waals surface area contributed by atoms with E-state index in [0.717, 1.165) is 24.9 Å². The van der Waals surface area contributed by atoms with Gasteiger partial charge in [-0.15, -0.1) is 6.07 Å². The van der Waals surface area contributed by atoms with Crippen LogP contribution in [0.2, 0.25) is 0 Å². The Morgan fingerprint density at radius 3 is 2.56 bits per heavy atom. The molecule has 0 bridgehead atoms. The number of hydrogen-bond acceptors (Lipinski definition) is 2. The summed E-state index contributed by atoms with van der Waals surface area (Å²) < 4.78 is 0. The fourth-order valence-corrected chi connectivity index (χ4v) is 2.09. The Kier molecular flexibility index (Phi) is 22.1. The van der Waals surface area contributed by atoms with Crippen LogP contribution in [-0.2, 0) is 58.6 Å². The molecule has 1 aliphatic rings. The number of amides is 2. The van der Waals surface area contributed by atoms with Crippen molar-refractivity contribution >= 4 is 17.5 Å². The number of fused-ring (bicyclic) bond motifs is 1. The third-order valence-electron chi connectivity index (χ3n) is 3.10. The smallest absolute Gasteiger partial charge is 0.665 e. The Labute approximate surface area is 240 Å². The van der Waals surface area contributed by atoms with E-state index >= 15 is 0 Å². The summed E-state index contributed by atoms with van der Waals surface area (Å²) >= 11 is 0.